The predicted molar refractivity (Wildman–Crippen MR) is 59.4 cm³/mol. The van der Waals surface area contributed by atoms with Crippen molar-refractivity contribution in [2.75, 3.05) is 19.4 Å². The minimum atomic E-state index is -3.04. The molecule has 0 radical (unpaired) electrons. The molecule has 2 atom stereocenters. The van der Waals surface area contributed by atoms with Gasteiger partial charge in [-0.3, -0.25) is 4.79 Å². The molecule has 1 N–H and O–H groups in total. The third-order valence-electron chi connectivity index (χ3n) is 1.95. The van der Waals surface area contributed by atoms with E-state index in [2.05, 4.69) is 26.0 Å². The standard InChI is InChI=1S/C8H12BrNO4S/c1-14-8(11)7(9)4-10-6-2-3-15(12,13)5-6/h2-3,6-7,10H,4-5H2,1H3. The summed E-state index contributed by atoms with van der Waals surface area (Å²) >= 11 is 3.13. The first-order valence-electron chi connectivity index (χ1n) is 4.31. The summed E-state index contributed by atoms with van der Waals surface area (Å²) in [6.07, 6.45) is 1.58. The molecule has 0 bridgehead atoms. The quantitative estimate of drug-likeness (QED) is 0.576. The zero-order valence-electron chi connectivity index (χ0n) is 8.14. The van der Waals surface area contributed by atoms with E-state index in [9.17, 15) is 13.2 Å². The van der Waals surface area contributed by atoms with Crippen LogP contribution in [0, 0.1) is 0 Å². The van der Waals surface area contributed by atoms with Crippen molar-refractivity contribution in [3.8, 4) is 0 Å². The number of sulfone groups is 1. The molecule has 0 spiro atoms. The van der Waals surface area contributed by atoms with Crippen LogP contribution in [0.5, 0.6) is 0 Å². The molecular weight excluding hydrogens is 286 g/mol. The zero-order valence-corrected chi connectivity index (χ0v) is 10.5. The lowest BCUT2D eigenvalue weighted by Gasteiger charge is -2.12. The number of ether oxygens (including phenoxy) is 1. The molecular formula is C8H12BrNO4S. The fourth-order valence-corrected chi connectivity index (χ4v) is 2.81. The van der Waals surface area contributed by atoms with E-state index >= 15 is 0 Å². The van der Waals surface area contributed by atoms with Gasteiger partial charge >= 0.3 is 5.97 Å². The van der Waals surface area contributed by atoms with Crippen molar-refractivity contribution in [3.63, 3.8) is 0 Å². The average Bonchev–Trinajstić information content (AvgIpc) is 2.53. The number of halogens is 1. The lowest BCUT2D eigenvalue weighted by molar-refractivity contribution is -0.139. The van der Waals surface area contributed by atoms with Crippen molar-refractivity contribution in [2.45, 2.75) is 10.9 Å². The van der Waals surface area contributed by atoms with Gasteiger partial charge in [0.05, 0.1) is 12.9 Å². The highest BCUT2D eigenvalue weighted by molar-refractivity contribution is 9.10. The molecule has 7 heteroatoms. The van der Waals surface area contributed by atoms with E-state index in [-0.39, 0.29) is 17.8 Å². The van der Waals surface area contributed by atoms with Gasteiger partial charge in [0, 0.05) is 18.0 Å². The third-order valence-corrected chi connectivity index (χ3v) is 4.04. The average molecular weight is 298 g/mol. The van der Waals surface area contributed by atoms with Gasteiger partial charge in [-0.15, -0.1) is 0 Å². The first-order valence-corrected chi connectivity index (χ1v) is 6.94. The van der Waals surface area contributed by atoms with Gasteiger partial charge < -0.3 is 10.1 Å². The van der Waals surface area contributed by atoms with Gasteiger partial charge in [-0.05, 0) is 0 Å². The van der Waals surface area contributed by atoms with Gasteiger partial charge in [-0.25, -0.2) is 8.42 Å². The number of carbonyl (C=O) groups excluding carboxylic acids is 1. The van der Waals surface area contributed by atoms with Crippen LogP contribution in [0.25, 0.3) is 0 Å². The summed E-state index contributed by atoms with van der Waals surface area (Å²) in [6.45, 7) is 0.331. The van der Waals surface area contributed by atoms with E-state index in [0.717, 1.165) is 0 Å². The molecule has 1 aliphatic heterocycles. The van der Waals surface area contributed by atoms with E-state index in [1.165, 1.54) is 12.5 Å². The number of alkyl halides is 1. The number of methoxy groups -OCH3 is 1. The Kier molecular flexibility index (Phi) is 4.30. The van der Waals surface area contributed by atoms with Gasteiger partial charge in [0.2, 0.25) is 0 Å². The lowest BCUT2D eigenvalue weighted by Crippen LogP contribution is -2.37. The van der Waals surface area contributed by atoms with E-state index in [1.54, 1.807) is 6.08 Å². The van der Waals surface area contributed by atoms with Crippen molar-refractivity contribution >= 4 is 31.7 Å². The molecule has 0 aromatic rings. The van der Waals surface area contributed by atoms with Crippen molar-refractivity contribution in [2.24, 2.45) is 0 Å². The van der Waals surface area contributed by atoms with Crippen LogP contribution in [-0.2, 0) is 19.4 Å². The second kappa shape index (κ2) is 5.09. The second-order valence-corrected chi connectivity index (χ2v) is 6.20. The molecule has 0 aliphatic carbocycles. The van der Waals surface area contributed by atoms with Crippen LogP contribution in [0.3, 0.4) is 0 Å². The molecule has 1 rings (SSSR count). The third kappa shape index (κ3) is 3.92. The molecule has 0 aromatic carbocycles. The SMILES string of the molecule is COC(=O)C(Br)CNC1C=CS(=O)(=O)C1. The number of hydrogen-bond acceptors (Lipinski definition) is 5. The molecule has 0 saturated heterocycles. The van der Waals surface area contributed by atoms with Crippen molar-refractivity contribution < 1.29 is 17.9 Å². The Morgan fingerprint density at radius 3 is 2.87 bits per heavy atom. The highest BCUT2D eigenvalue weighted by Gasteiger charge is 2.23. The summed E-state index contributed by atoms with van der Waals surface area (Å²) in [5.74, 6) is -0.333. The summed E-state index contributed by atoms with van der Waals surface area (Å²) in [5.41, 5.74) is 0. The Labute approximate surface area is 96.9 Å². The van der Waals surface area contributed by atoms with Gasteiger partial charge in [0.15, 0.2) is 9.84 Å². The van der Waals surface area contributed by atoms with E-state index in [1.807, 2.05) is 0 Å². The van der Waals surface area contributed by atoms with Crippen molar-refractivity contribution in [1.29, 1.82) is 0 Å². The topological polar surface area (TPSA) is 72.5 Å². The van der Waals surface area contributed by atoms with Crippen LogP contribution in [0.15, 0.2) is 11.5 Å². The van der Waals surface area contributed by atoms with E-state index < -0.39 is 14.7 Å². The molecule has 86 valence electrons. The van der Waals surface area contributed by atoms with Crippen LogP contribution in [0.1, 0.15) is 0 Å². The Balaban J connectivity index is 2.34. The van der Waals surface area contributed by atoms with Gasteiger partial charge in [-0.1, -0.05) is 22.0 Å². The van der Waals surface area contributed by atoms with E-state index in [0.29, 0.717) is 6.54 Å². The lowest BCUT2D eigenvalue weighted by atomic mass is 10.3. The summed E-state index contributed by atoms with van der Waals surface area (Å²) in [4.78, 5) is 10.5. The number of esters is 1. The normalized spacial score (nSPS) is 25.1. The van der Waals surface area contributed by atoms with E-state index in [4.69, 9.17) is 0 Å². The smallest absolute Gasteiger partial charge is 0.320 e. The fraction of sp³-hybridized carbons (Fsp3) is 0.625. The summed E-state index contributed by atoms with van der Waals surface area (Å²) in [5, 5.41) is 4.13. The van der Waals surface area contributed by atoms with Crippen molar-refractivity contribution in [3.05, 3.63) is 11.5 Å². The molecule has 0 fully saturated rings. The predicted octanol–water partition coefficient (Wildman–Crippen LogP) is -0.177. The molecule has 1 heterocycles. The Hall–Kier alpha value is -0.400. The Morgan fingerprint density at radius 1 is 1.73 bits per heavy atom. The summed E-state index contributed by atoms with van der Waals surface area (Å²) in [6, 6.07) is -0.222. The molecule has 0 aromatic heterocycles. The van der Waals surface area contributed by atoms with Gasteiger partial charge in [0.25, 0.3) is 0 Å². The van der Waals surface area contributed by atoms with Crippen LogP contribution >= 0.6 is 15.9 Å². The zero-order chi connectivity index (χ0) is 11.5. The first-order chi connectivity index (χ1) is 6.94. The van der Waals surface area contributed by atoms with Crippen LogP contribution < -0.4 is 5.32 Å². The number of carbonyl (C=O) groups is 1. The second-order valence-electron chi connectivity index (χ2n) is 3.16. The van der Waals surface area contributed by atoms with Gasteiger partial charge in [-0.2, -0.15) is 0 Å². The summed E-state index contributed by atoms with van der Waals surface area (Å²) in [7, 11) is -1.74. The number of hydrogen-bond donors (Lipinski definition) is 1. The monoisotopic (exact) mass is 297 g/mol. The largest absolute Gasteiger partial charge is 0.468 e. The molecule has 0 amide bonds. The minimum Gasteiger partial charge on any atom is -0.468 e. The highest BCUT2D eigenvalue weighted by Crippen LogP contribution is 2.08. The van der Waals surface area contributed by atoms with Crippen LogP contribution in [0.4, 0.5) is 0 Å². The molecule has 2 unspecified atom stereocenters. The molecule has 0 saturated carbocycles. The number of rotatable bonds is 4. The Morgan fingerprint density at radius 2 is 2.40 bits per heavy atom. The fourth-order valence-electron chi connectivity index (χ4n) is 1.17. The maximum Gasteiger partial charge on any atom is 0.320 e. The maximum absolute atomic E-state index is 11.0. The Bertz CT molecular complexity index is 365. The highest BCUT2D eigenvalue weighted by atomic mass is 79.9. The maximum atomic E-state index is 11.0. The van der Waals surface area contributed by atoms with Crippen LogP contribution in [-0.4, -0.2) is 44.7 Å². The van der Waals surface area contributed by atoms with Crippen LogP contribution in [0.2, 0.25) is 0 Å². The molecule has 15 heavy (non-hydrogen) atoms. The molecule has 5 nitrogen and oxygen atoms in total. The first kappa shape index (κ1) is 12.7. The van der Waals surface area contributed by atoms with Gasteiger partial charge in [0.1, 0.15) is 4.83 Å². The number of nitrogens with one attached hydrogen (secondary N) is 1. The van der Waals surface area contributed by atoms with Crippen molar-refractivity contribution in [1.82, 2.24) is 5.32 Å². The summed E-state index contributed by atoms with van der Waals surface area (Å²) < 4.78 is 26.6. The molecule has 1 aliphatic rings. The minimum absolute atomic E-state index is 0.0495.